The fraction of sp³-hybridized carbons (Fsp3) is 0.700. The third-order valence-corrected chi connectivity index (χ3v) is 0. The molecule has 0 amide bonds. The van der Waals surface area contributed by atoms with Gasteiger partial charge in [-0.1, -0.05) is 28.7 Å². The monoisotopic (exact) mass is 420 g/mol. The van der Waals surface area contributed by atoms with Crippen LogP contribution in [0.15, 0.2) is 0 Å². The van der Waals surface area contributed by atoms with Crippen LogP contribution in [-0.4, -0.2) is 0 Å². The predicted molar refractivity (Wildman–Crippen MR) is 55.8 cm³/mol. The first-order valence-corrected chi connectivity index (χ1v) is 3.15. The van der Waals surface area contributed by atoms with Gasteiger partial charge in [0.05, 0.1) is 0 Å². The van der Waals surface area contributed by atoms with Crippen molar-refractivity contribution in [2.75, 3.05) is 0 Å². The molecular formula is C10H27WY-. The molecule has 0 aliphatic carbocycles. The summed E-state index contributed by atoms with van der Waals surface area (Å²) in [6, 6.07) is 0. The van der Waals surface area contributed by atoms with Crippen LogP contribution in [0.25, 0.3) is 0 Å². The van der Waals surface area contributed by atoms with Gasteiger partial charge in [0.1, 0.15) is 0 Å². The van der Waals surface area contributed by atoms with Crippen molar-refractivity contribution >= 4 is 0 Å². The summed E-state index contributed by atoms with van der Waals surface area (Å²) in [7, 11) is 0. The van der Waals surface area contributed by atoms with Crippen LogP contribution in [0.1, 0.15) is 49.0 Å². The molecule has 0 aromatic rings. The molecule has 0 N–H and O–H groups in total. The molecule has 0 heterocycles. The van der Waals surface area contributed by atoms with Crippen LogP contribution in [0.4, 0.5) is 0 Å². The molecule has 1 radical (unpaired) electrons. The van der Waals surface area contributed by atoms with Crippen molar-refractivity contribution in [2.45, 2.75) is 49.0 Å². The summed E-state index contributed by atoms with van der Waals surface area (Å²) >= 11 is 0. The minimum atomic E-state index is 0. The van der Waals surface area contributed by atoms with Gasteiger partial charge in [0.2, 0.25) is 0 Å². The Balaban J connectivity index is -0.00000000544. The summed E-state index contributed by atoms with van der Waals surface area (Å²) in [6.07, 6.45) is 2.75. The van der Waals surface area contributed by atoms with Gasteiger partial charge in [0.25, 0.3) is 0 Å². The van der Waals surface area contributed by atoms with Crippen molar-refractivity contribution in [1.29, 1.82) is 0 Å². The van der Waals surface area contributed by atoms with Crippen molar-refractivity contribution in [1.82, 2.24) is 0 Å². The number of hydrogen-bond acceptors (Lipinski definition) is 0. The van der Waals surface area contributed by atoms with Crippen LogP contribution in [0.3, 0.4) is 0 Å². The zero-order valence-corrected chi connectivity index (χ0v) is 13.5. The van der Waals surface area contributed by atoms with Gasteiger partial charge in [-0.3, -0.25) is 0 Å². The Kier molecular flexibility index (Phi) is 504. The molecule has 0 saturated heterocycles. The second-order valence-electron chi connectivity index (χ2n) is 0.931. The zero-order valence-electron chi connectivity index (χ0n) is 7.68. The summed E-state index contributed by atoms with van der Waals surface area (Å²) < 4.78 is 0. The maximum Gasteiger partial charge on any atom is 2.00 e. The van der Waals surface area contributed by atoms with E-state index < -0.39 is 0 Å². The standard InChI is InChI=1S/C3H7.C3H6.C2H6.2CH4.W.Y/c2*1-3-2;1-2;;;;/h3H,1-2H3;1-3H2;1-2H3;2*1H4;;/q-1;-2;;;;+2;. The Morgan fingerprint density at radius 3 is 1.00 bits per heavy atom. The van der Waals surface area contributed by atoms with Gasteiger partial charge in [-0.2, -0.15) is 13.8 Å². The summed E-state index contributed by atoms with van der Waals surface area (Å²) in [6.45, 7) is 14.8. The fourth-order valence-electron chi connectivity index (χ4n) is 0. The van der Waals surface area contributed by atoms with Gasteiger partial charge in [-0.25, -0.2) is 0 Å². The van der Waals surface area contributed by atoms with E-state index in [0.717, 1.165) is 6.42 Å². The zero-order chi connectivity index (χ0) is 7.41. The summed E-state index contributed by atoms with van der Waals surface area (Å²) in [5, 5.41) is 0. The van der Waals surface area contributed by atoms with Gasteiger partial charge in [0, 0.05) is 32.7 Å². The molecule has 12 heavy (non-hydrogen) atoms. The van der Waals surface area contributed by atoms with Crippen molar-refractivity contribution in [3.63, 3.8) is 0 Å². The molecule has 0 aliphatic rings. The predicted octanol–water partition coefficient (Wildman–Crippen LogP) is 4.57. The molecule has 0 fully saturated rings. The van der Waals surface area contributed by atoms with Crippen molar-refractivity contribution in [3.05, 3.63) is 20.3 Å². The van der Waals surface area contributed by atoms with Gasteiger partial charge in [-0.15, -0.1) is 0 Å². The minimum Gasteiger partial charge on any atom is -0.372 e. The van der Waals surface area contributed by atoms with Gasteiger partial charge in [0.15, 0.2) is 0 Å². The summed E-state index contributed by atoms with van der Waals surface area (Å²) in [5.74, 6) is 0. The molecular weight excluding hydrogens is 393 g/mol. The van der Waals surface area contributed by atoms with Crippen LogP contribution < -0.4 is 0 Å². The third-order valence-electron chi connectivity index (χ3n) is 0. The van der Waals surface area contributed by atoms with Crippen molar-refractivity contribution < 1.29 is 53.8 Å². The molecule has 0 spiro atoms. The third kappa shape index (κ3) is 428. The van der Waals surface area contributed by atoms with Crippen molar-refractivity contribution in [3.8, 4) is 0 Å². The molecule has 0 unspecified atom stereocenters. The first kappa shape index (κ1) is 48.9. The van der Waals surface area contributed by atoms with Crippen LogP contribution in [-0.2, 0) is 53.8 Å². The largest absolute Gasteiger partial charge is 2.00 e. The molecule has 0 aromatic heterocycles. The first-order chi connectivity index (χ1) is 3.83. The Labute approximate surface area is 122 Å². The maximum absolute atomic E-state index is 3.38. The SMILES string of the molecule is C.C.CC.C[CH-]C.[CH2-]C[CH2-].[W+2].[Y]. The van der Waals surface area contributed by atoms with Gasteiger partial charge < -0.3 is 26.7 Å². The summed E-state index contributed by atoms with van der Waals surface area (Å²) in [4.78, 5) is 0. The van der Waals surface area contributed by atoms with Crippen LogP contribution in [0.2, 0.25) is 0 Å². The molecule has 2 heteroatoms. The van der Waals surface area contributed by atoms with E-state index in [-0.39, 0.29) is 68.6 Å². The minimum absolute atomic E-state index is 0. The molecule has 0 aromatic carbocycles. The summed E-state index contributed by atoms with van der Waals surface area (Å²) in [5.41, 5.74) is 0. The second kappa shape index (κ2) is 124. The molecule has 0 atom stereocenters. The van der Waals surface area contributed by atoms with E-state index in [9.17, 15) is 0 Å². The van der Waals surface area contributed by atoms with E-state index in [2.05, 4.69) is 13.8 Å². The Hall–Kier alpha value is 1.79. The first-order valence-electron chi connectivity index (χ1n) is 3.15. The van der Waals surface area contributed by atoms with Crippen LogP contribution in [0, 0.1) is 20.3 Å². The maximum atomic E-state index is 3.38. The van der Waals surface area contributed by atoms with E-state index in [1.807, 2.05) is 34.1 Å². The smallest absolute Gasteiger partial charge is 0.372 e. The molecule has 0 saturated carbocycles. The average molecular weight is 420 g/mol. The molecule has 0 nitrogen and oxygen atoms in total. The van der Waals surface area contributed by atoms with E-state index in [1.165, 1.54) is 0 Å². The molecule has 0 rings (SSSR count). The Bertz CT molecular complexity index is 11.8. The quantitative estimate of drug-likeness (QED) is 0.504. The topological polar surface area (TPSA) is 0 Å². The van der Waals surface area contributed by atoms with E-state index in [0.29, 0.717) is 0 Å². The van der Waals surface area contributed by atoms with E-state index in [4.69, 9.17) is 0 Å². The van der Waals surface area contributed by atoms with E-state index >= 15 is 0 Å². The molecule has 0 aliphatic heterocycles. The molecule has 0 bridgehead atoms. The number of hydrogen-bond donors (Lipinski definition) is 0. The van der Waals surface area contributed by atoms with Crippen molar-refractivity contribution in [2.24, 2.45) is 0 Å². The van der Waals surface area contributed by atoms with Gasteiger partial charge in [-0.05, 0) is 0 Å². The van der Waals surface area contributed by atoms with E-state index in [1.54, 1.807) is 0 Å². The Morgan fingerprint density at radius 2 is 1.00 bits per heavy atom. The number of rotatable bonds is 0. The van der Waals surface area contributed by atoms with Crippen LogP contribution in [0.5, 0.6) is 0 Å². The second-order valence-corrected chi connectivity index (χ2v) is 0.931. The normalized spacial score (nSPS) is 3.50. The average Bonchev–Trinajstić information content (AvgIpc) is 1.75. The van der Waals surface area contributed by atoms with Crippen LogP contribution >= 0.6 is 0 Å². The van der Waals surface area contributed by atoms with Gasteiger partial charge >= 0.3 is 21.1 Å². The molecule has 77 valence electrons. The fourth-order valence-corrected chi connectivity index (χ4v) is 0. The Morgan fingerprint density at radius 1 is 1.00 bits per heavy atom.